The van der Waals surface area contributed by atoms with Gasteiger partial charge in [-0.25, -0.2) is 4.99 Å². The Morgan fingerprint density at radius 2 is 2.44 bits per heavy atom. The second kappa shape index (κ2) is 4.52. The van der Waals surface area contributed by atoms with Crippen LogP contribution in [0, 0.1) is 0 Å². The predicted molar refractivity (Wildman–Crippen MR) is 74.4 cm³/mol. The molecule has 5 nitrogen and oxygen atoms in total. The van der Waals surface area contributed by atoms with Crippen molar-refractivity contribution in [3.05, 3.63) is 36.1 Å². The van der Waals surface area contributed by atoms with Crippen LogP contribution >= 0.6 is 0 Å². The highest BCUT2D eigenvalue weighted by Gasteiger charge is 2.22. The third-order valence-corrected chi connectivity index (χ3v) is 3.16. The van der Waals surface area contributed by atoms with Crippen LogP contribution in [0.25, 0.3) is 0 Å². The van der Waals surface area contributed by atoms with Crippen LogP contribution in [0.5, 0.6) is 0 Å². The van der Waals surface area contributed by atoms with Gasteiger partial charge in [-0.1, -0.05) is 18.2 Å². The van der Waals surface area contributed by atoms with E-state index in [2.05, 4.69) is 38.2 Å². The van der Waals surface area contributed by atoms with Crippen LogP contribution in [-0.2, 0) is 0 Å². The van der Waals surface area contributed by atoms with Crippen molar-refractivity contribution < 1.29 is 0 Å². The molecule has 0 aromatic carbocycles. The molecule has 1 aliphatic heterocycles. The Hall–Kier alpha value is -2.30. The van der Waals surface area contributed by atoms with Gasteiger partial charge in [0.05, 0.1) is 12.2 Å². The van der Waals surface area contributed by atoms with Crippen LogP contribution in [0.4, 0.5) is 11.5 Å². The molecule has 92 valence electrons. The van der Waals surface area contributed by atoms with Gasteiger partial charge >= 0.3 is 0 Å². The maximum absolute atomic E-state index is 5.59. The van der Waals surface area contributed by atoms with Gasteiger partial charge < -0.3 is 15.7 Å². The average molecular weight is 241 g/mol. The average Bonchev–Trinajstić information content (AvgIpc) is 2.90. The van der Waals surface area contributed by atoms with E-state index in [9.17, 15) is 0 Å². The molecule has 5 heteroatoms. The van der Waals surface area contributed by atoms with Gasteiger partial charge in [-0.3, -0.25) is 0 Å². The molecule has 0 unspecified atom stereocenters. The Morgan fingerprint density at radius 1 is 1.50 bits per heavy atom. The fraction of sp³-hybridized carbons (Fsp3) is 0.231. The Kier molecular flexibility index (Phi) is 2.72. The van der Waals surface area contributed by atoms with Gasteiger partial charge in [0.2, 0.25) is 0 Å². The molecule has 1 aromatic heterocycles. The van der Waals surface area contributed by atoms with E-state index >= 15 is 0 Å². The smallest absolute Gasteiger partial charge is 0.156 e. The standard InChI is InChI=1S/C13H15N5/c14-17-13(10-4-2-1-3-5-10)18-9-8-16-12-11(18)6-7-15-12/h1-2,4,6-8,15H,3,5,9,14H2/b17-13-. The maximum atomic E-state index is 5.59. The number of aromatic amines is 1. The summed E-state index contributed by atoms with van der Waals surface area (Å²) in [5, 5.41) is 3.98. The van der Waals surface area contributed by atoms with Gasteiger partial charge in [0.15, 0.2) is 11.7 Å². The Morgan fingerprint density at radius 3 is 3.22 bits per heavy atom. The number of amidine groups is 1. The van der Waals surface area contributed by atoms with E-state index in [-0.39, 0.29) is 0 Å². The normalized spacial score (nSPS) is 18.8. The van der Waals surface area contributed by atoms with Crippen LogP contribution in [-0.4, -0.2) is 23.6 Å². The van der Waals surface area contributed by atoms with Gasteiger partial charge in [0.1, 0.15) is 0 Å². The number of aromatic nitrogens is 1. The monoisotopic (exact) mass is 241 g/mol. The lowest BCUT2D eigenvalue weighted by Gasteiger charge is -2.27. The summed E-state index contributed by atoms with van der Waals surface area (Å²) in [5.74, 6) is 7.27. The van der Waals surface area contributed by atoms with Crippen molar-refractivity contribution in [2.24, 2.45) is 15.9 Å². The Bertz CT molecular complexity index is 562. The van der Waals surface area contributed by atoms with Crippen molar-refractivity contribution in [2.45, 2.75) is 12.8 Å². The zero-order valence-electron chi connectivity index (χ0n) is 10.0. The second-order valence-corrected chi connectivity index (χ2v) is 4.25. The van der Waals surface area contributed by atoms with Crippen LogP contribution < -0.4 is 10.7 Å². The summed E-state index contributed by atoms with van der Waals surface area (Å²) in [4.78, 5) is 9.50. The van der Waals surface area contributed by atoms with Crippen molar-refractivity contribution in [3.63, 3.8) is 0 Å². The molecule has 0 fully saturated rings. The van der Waals surface area contributed by atoms with Crippen molar-refractivity contribution >= 4 is 23.6 Å². The highest BCUT2D eigenvalue weighted by molar-refractivity contribution is 6.13. The maximum Gasteiger partial charge on any atom is 0.156 e. The number of nitrogens with two attached hydrogens (primary N) is 1. The molecule has 0 saturated heterocycles. The first-order chi connectivity index (χ1) is 8.90. The number of nitrogens with zero attached hydrogens (tertiary/aromatic N) is 3. The summed E-state index contributed by atoms with van der Waals surface area (Å²) in [6.45, 7) is 0.696. The first kappa shape index (κ1) is 10.8. The summed E-state index contributed by atoms with van der Waals surface area (Å²) in [5.41, 5.74) is 2.19. The zero-order chi connectivity index (χ0) is 12.4. The highest BCUT2D eigenvalue weighted by Crippen LogP contribution is 2.31. The van der Waals surface area contributed by atoms with Crippen molar-refractivity contribution in [1.82, 2.24) is 4.98 Å². The minimum Gasteiger partial charge on any atom is -0.345 e. The van der Waals surface area contributed by atoms with Gasteiger partial charge in [-0.2, -0.15) is 5.10 Å². The number of rotatable bonds is 1. The molecule has 0 spiro atoms. The van der Waals surface area contributed by atoms with E-state index in [4.69, 9.17) is 5.84 Å². The van der Waals surface area contributed by atoms with E-state index in [0.29, 0.717) is 6.54 Å². The molecule has 3 rings (SSSR count). The summed E-state index contributed by atoms with van der Waals surface area (Å²) in [7, 11) is 0. The quantitative estimate of drug-likeness (QED) is 0.342. The summed E-state index contributed by atoms with van der Waals surface area (Å²) >= 11 is 0. The Balaban J connectivity index is 1.97. The fourth-order valence-electron chi connectivity index (χ4n) is 2.30. The zero-order valence-corrected chi connectivity index (χ0v) is 10.0. The summed E-state index contributed by atoms with van der Waals surface area (Å²) in [6, 6.07) is 2.00. The number of anilines is 1. The molecule has 1 aliphatic carbocycles. The molecule has 0 bridgehead atoms. The molecule has 0 amide bonds. The number of H-pyrrole nitrogens is 1. The third kappa shape index (κ3) is 1.73. The fourth-order valence-corrected chi connectivity index (χ4v) is 2.30. The Labute approximate surface area is 105 Å². The predicted octanol–water partition coefficient (Wildman–Crippen LogP) is 2.09. The largest absolute Gasteiger partial charge is 0.345 e. The number of fused-ring (bicyclic) bond motifs is 1. The van der Waals surface area contributed by atoms with Gasteiger partial charge in [0.25, 0.3) is 0 Å². The van der Waals surface area contributed by atoms with Gasteiger partial charge in [-0.15, -0.1) is 0 Å². The molecule has 0 saturated carbocycles. The van der Waals surface area contributed by atoms with E-state index in [1.807, 2.05) is 18.5 Å². The molecule has 2 aliphatic rings. The third-order valence-electron chi connectivity index (χ3n) is 3.16. The lowest BCUT2D eigenvalue weighted by atomic mass is 10.0. The number of nitrogens with one attached hydrogen (secondary N) is 1. The molecule has 2 heterocycles. The van der Waals surface area contributed by atoms with Gasteiger partial charge in [0, 0.05) is 12.4 Å². The molecule has 3 N–H and O–H groups in total. The van der Waals surface area contributed by atoms with Crippen LogP contribution in [0.1, 0.15) is 12.8 Å². The second-order valence-electron chi connectivity index (χ2n) is 4.25. The lowest BCUT2D eigenvalue weighted by molar-refractivity contribution is 0.979. The SMILES string of the molecule is N/N=C(/C1=CC=CCC1)N1CC=Nc2[nH]ccc21. The molecule has 0 radical (unpaired) electrons. The first-order valence-electron chi connectivity index (χ1n) is 6.01. The van der Waals surface area contributed by atoms with Gasteiger partial charge in [-0.05, 0) is 24.5 Å². The summed E-state index contributed by atoms with van der Waals surface area (Å²) in [6.07, 6.45) is 12.0. The number of allylic oxidation sites excluding steroid dienone is 3. The van der Waals surface area contributed by atoms with Crippen LogP contribution in [0.15, 0.2) is 46.2 Å². The number of hydrazone groups is 1. The summed E-state index contributed by atoms with van der Waals surface area (Å²) < 4.78 is 0. The molecule has 0 atom stereocenters. The van der Waals surface area contributed by atoms with Crippen LogP contribution in [0.3, 0.4) is 0 Å². The van der Waals surface area contributed by atoms with Crippen molar-refractivity contribution in [3.8, 4) is 0 Å². The molecule has 18 heavy (non-hydrogen) atoms. The lowest BCUT2D eigenvalue weighted by Crippen LogP contribution is -2.36. The number of hydrogen-bond acceptors (Lipinski definition) is 3. The van der Waals surface area contributed by atoms with E-state index < -0.39 is 0 Å². The van der Waals surface area contributed by atoms with E-state index in [1.54, 1.807) is 0 Å². The van der Waals surface area contributed by atoms with E-state index in [0.717, 1.165) is 30.2 Å². The topological polar surface area (TPSA) is 69.8 Å². The van der Waals surface area contributed by atoms with Crippen LogP contribution in [0.2, 0.25) is 0 Å². The first-order valence-corrected chi connectivity index (χ1v) is 6.01. The van der Waals surface area contributed by atoms with Crippen molar-refractivity contribution in [2.75, 3.05) is 11.4 Å². The minimum atomic E-state index is 0.696. The van der Waals surface area contributed by atoms with E-state index in [1.165, 1.54) is 5.57 Å². The van der Waals surface area contributed by atoms with Crippen molar-refractivity contribution in [1.29, 1.82) is 0 Å². The highest BCUT2D eigenvalue weighted by atomic mass is 15.3. The molecular weight excluding hydrogens is 226 g/mol. The number of hydrogen-bond donors (Lipinski definition) is 2. The minimum absolute atomic E-state index is 0.696. The molecule has 1 aromatic rings. The number of aliphatic imine (C=N–C) groups is 1. The molecular formula is C13H15N5.